The van der Waals surface area contributed by atoms with Crippen molar-refractivity contribution in [1.82, 2.24) is 25.3 Å². The molecule has 1 N–H and O–H groups in total. The normalized spacial score (nSPS) is 17.2. The molecule has 0 spiro atoms. The van der Waals surface area contributed by atoms with Gasteiger partial charge in [0.05, 0.1) is 6.54 Å². The highest BCUT2D eigenvalue weighted by Crippen LogP contribution is 2.04. The van der Waals surface area contributed by atoms with Gasteiger partial charge in [-0.2, -0.15) is 4.98 Å². The lowest BCUT2D eigenvalue weighted by atomic mass is 10.3. The predicted molar refractivity (Wildman–Crippen MR) is 73.9 cm³/mol. The van der Waals surface area contributed by atoms with Crippen molar-refractivity contribution >= 4 is 0 Å². The Hall–Kier alpha value is -0.980. The SMILES string of the molecule is CCN(CC)CCc1noc(CN2CCNCC2)n1. The minimum absolute atomic E-state index is 0.747. The molecule has 108 valence electrons. The van der Waals surface area contributed by atoms with E-state index in [0.717, 1.165) is 70.5 Å². The average Bonchev–Trinajstić information content (AvgIpc) is 2.89. The first-order chi connectivity index (χ1) is 9.31. The molecule has 1 saturated heterocycles. The Morgan fingerprint density at radius 2 is 2.00 bits per heavy atom. The Morgan fingerprint density at radius 3 is 2.68 bits per heavy atom. The van der Waals surface area contributed by atoms with Crippen molar-refractivity contribution in [2.75, 3.05) is 45.8 Å². The van der Waals surface area contributed by atoms with Crippen LogP contribution in [0.1, 0.15) is 25.6 Å². The van der Waals surface area contributed by atoms with Crippen LogP contribution in [0.3, 0.4) is 0 Å². The van der Waals surface area contributed by atoms with Crippen LogP contribution in [0.2, 0.25) is 0 Å². The maximum Gasteiger partial charge on any atom is 0.240 e. The molecule has 1 aromatic heterocycles. The second kappa shape index (κ2) is 7.57. The maximum absolute atomic E-state index is 5.33. The van der Waals surface area contributed by atoms with Gasteiger partial charge in [-0.05, 0) is 13.1 Å². The summed E-state index contributed by atoms with van der Waals surface area (Å²) in [5.74, 6) is 1.58. The molecule has 0 aromatic carbocycles. The van der Waals surface area contributed by atoms with Gasteiger partial charge in [-0.1, -0.05) is 19.0 Å². The molecule has 1 aromatic rings. The average molecular weight is 267 g/mol. The number of nitrogens with one attached hydrogen (secondary N) is 1. The van der Waals surface area contributed by atoms with E-state index in [1.54, 1.807) is 0 Å². The van der Waals surface area contributed by atoms with Crippen LogP contribution in [0.15, 0.2) is 4.52 Å². The summed E-state index contributed by atoms with van der Waals surface area (Å²) in [5.41, 5.74) is 0. The molecule has 6 heteroatoms. The van der Waals surface area contributed by atoms with Crippen LogP contribution >= 0.6 is 0 Å². The third-order valence-corrected chi connectivity index (χ3v) is 3.62. The van der Waals surface area contributed by atoms with E-state index in [-0.39, 0.29) is 0 Å². The van der Waals surface area contributed by atoms with Gasteiger partial charge in [-0.3, -0.25) is 4.90 Å². The Balaban J connectivity index is 1.77. The lowest BCUT2D eigenvalue weighted by Gasteiger charge is -2.25. The number of aromatic nitrogens is 2. The van der Waals surface area contributed by atoms with E-state index in [2.05, 4.69) is 39.1 Å². The molecule has 0 saturated carbocycles. The van der Waals surface area contributed by atoms with Crippen LogP contribution in [-0.2, 0) is 13.0 Å². The van der Waals surface area contributed by atoms with Crippen LogP contribution in [0, 0.1) is 0 Å². The van der Waals surface area contributed by atoms with Crippen molar-refractivity contribution in [3.05, 3.63) is 11.7 Å². The highest BCUT2D eigenvalue weighted by Gasteiger charge is 2.14. The fourth-order valence-corrected chi connectivity index (χ4v) is 2.31. The van der Waals surface area contributed by atoms with Crippen molar-refractivity contribution in [3.63, 3.8) is 0 Å². The van der Waals surface area contributed by atoms with Crippen molar-refractivity contribution in [2.45, 2.75) is 26.8 Å². The first-order valence-corrected chi connectivity index (χ1v) is 7.28. The van der Waals surface area contributed by atoms with Crippen molar-refractivity contribution in [3.8, 4) is 0 Å². The molecule has 0 amide bonds. The van der Waals surface area contributed by atoms with Gasteiger partial charge >= 0.3 is 0 Å². The number of likely N-dealkylation sites (N-methyl/N-ethyl adjacent to an activating group) is 1. The van der Waals surface area contributed by atoms with Crippen LogP contribution in [0.4, 0.5) is 0 Å². The second-order valence-electron chi connectivity index (χ2n) is 4.91. The first-order valence-electron chi connectivity index (χ1n) is 7.28. The Labute approximate surface area is 115 Å². The molecule has 2 rings (SSSR count). The van der Waals surface area contributed by atoms with Crippen LogP contribution in [0.25, 0.3) is 0 Å². The molecule has 0 atom stereocenters. The molecule has 0 aliphatic carbocycles. The third-order valence-electron chi connectivity index (χ3n) is 3.62. The maximum atomic E-state index is 5.33. The Kier molecular flexibility index (Phi) is 5.75. The number of rotatable bonds is 7. The summed E-state index contributed by atoms with van der Waals surface area (Å²) in [6.07, 6.45) is 0.868. The Bertz CT molecular complexity index is 358. The van der Waals surface area contributed by atoms with Gasteiger partial charge < -0.3 is 14.7 Å². The van der Waals surface area contributed by atoms with Gasteiger partial charge in [0, 0.05) is 39.1 Å². The third kappa shape index (κ3) is 4.56. The highest BCUT2D eigenvalue weighted by molar-refractivity contribution is 4.88. The minimum atomic E-state index is 0.747. The zero-order chi connectivity index (χ0) is 13.5. The van der Waals surface area contributed by atoms with Crippen LogP contribution < -0.4 is 5.32 Å². The zero-order valence-electron chi connectivity index (χ0n) is 12.1. The fraction of sp³-hybridized carbons (Fsp3) is 0.846. The molecule has 1 aliphatic rings. The van der Waals surface area contributed by atoms with Gasteiger partial charge in [-0.15, -0.1) is 0 Å². The highest BCUT2D eigenvalue weighted by atomic mass is 16.5. The van der Waals surface area contributed by atoms with E-state index in [4.69, 9.17) is 4.52 Å². The quantitative estimate of drug-likeness (QED) is 0.770. The van der Waals surface area contributed by atoms with E-state index in [1.165, 1.54) is 0 Å². The molecule has 19 heavy (non-hydrogen) atoms. The number of nitrogens with zero attached hydrogens (tertiary/aromatic N) is 4. The molecule has 0 radical (unpaired) electrons. The van der Waals surface area contributed by atoms with E-state index in [9.17, 15) is 0 Å². The molecular weight excluding hydrogens is 242 g/mol. The topological polar surface area (TPSA) is 57.4 Å². The molecule has 0 unspecified atom stereocenters. The van der Waals surface area contributed by atoms with E-state index in [1.807, 2.05) is 0 Å². The second-order valence-corrected chi connectivity index (χ2v) is 4.91. The van der Waals surface area contributed by atoms with E-state index >= 15 is 0 Å². The molecule has 1 fully saturated rings. The molecule has 2 heterocycles. The van der Waals surface area contributed by atoms with Crippen molar-refractivity contribution < 1.29 is 4.52 Å². The van der Waals surface area contributed by atoms with Crippen molar-refractivity contribution in [1.29, 1.82) is 0 Å². The standard InChI is InChI=1S/C13H25N5O/c1-3-17(4-2)8-5-12-15-13(19-16-12)11-18-9-6-14-7-10-18/h14H,3-11H2,1-2H3. The first kappa shape index (κ1) is 14.4. The molecule has 0 bridgehead atoms. The monoisotopic (exact) mass is 267 g/mol. The summed E-state index contributed by atoms with van der Waals surface area (Å²) in [4.78, 5) is 9.19. The lowest BCUT2D eigenvalue weighted by molar-refractivity contribution is 0.203. The summed E-state index contributed by atoms with van der Waals surface area (Å²) in [6, 6.07) is 0. The summed E-state index contributed by atoms with van der Waals surface area (Å²) >= 11 is 0. The van der Waals surface area contributed by atoms with Gasteiger partial charge in [0.15, 0.2) is 5.82 Å². The predicted octanol–water partition coefficient (Wildman–Crippen LogP) is 0.359. The van der Waals surface area contributed by atoms with Gasteiger partial charge in [0.25, 0.3) is 0 Å². The minimum Gasteiger partial charge on any atom is -0.338 e. The summed E-state index contributed by atoms with van der Waals surface area (Å²) in [6.45, 7) is 12.5. The largest absolute Gasteiger partial charge is 0.338 e. The lowest BCUT2D eigenvalue weighted by Crippen LogP contribution is -2.42. The number of piperazine rings is 1. The van der Waals surface area contributed by atoms with Crippen molar-refractivity contribution in [2.24, 2.45) is 0 Å². The van der Waals surface area contributed by atoms with Crippen LogP contribution in [0.5, 0.6) is 0 Å². The van der Waals surface area contributed by atoms with E-state index in [0.29, 0.717) is 0 Å². The van der Waals surface area contributed by atoms with Gasteiger partial charge in [0.1, 0.15) is 0 Å². The number of hydrogen-bond acceptors (Lipinski definition) is 6. The fourth-order valence-electron chi connectivity index (χ4n) is 2.31. The van der Waals surface area contributed by atoms with Gasteiger partial charge in [-0.25, -0.2) is 0 Å². The molecular formula is C13H25N5O. The smallest absolute Gasteiger partial charge is 0.240 e. The molecule has 1 aliphatic heterocycles. The number of hydrogen-bond donors (Lipinski definition) is 1. The van der Waals surface area contributed by atoms with E-state index < -0.39 is 0 Å². The van der Waals surface area contributed by atoms with Crippen LogP contribution in [-0.4, -0.2) is 65.8 Å². The summed E-state index contributed by atoms with van der Waals surface area (Å²) < 4.78 is 5.33. The Morgan fingerprint density at radius 1 is 1.26 bits per heavy atom. The summed E-state index contributed by atoms with van der Waals surface area (Å²) in [5, 5.41) is 7.40. The summed E-state index contributed by atoms with van der Waals surface area (Å²) in [7, 11) is 0. The van der Waals surface area contributed by atoms with Gasteiger partial charge in [0.2, 0.25) is 5.89 Å². The molecule has 6 nitrogen and oxygen atoms in total. The zero-order valence-corrected chi connectivity index (χ0v) is 12.1.